The largest absolute Gasteiger partial charge is 0.354 e. The van der Waals surface area contributed by atoms with Gasteiger partial charge in [0, 0.05) is 30.2 Å². The number of hydrogen-bond acceptors (Lipinski definition) is 4. The van der Waals surface area contributed by atoms with Crippen LogP contribution in [0.2, 0.25) is 5.02 Å². The Morgan fingerprint density at radius 2 is 1.97 bits per heavy atom. The molecule has 1 fully saturated rings. The number of amides is 1. The molecule has 0 aliphatic carbocycles. The first-order chi connectivity index (χ1) is 15.3. The number of carbonyl (C=O) groups is 1. The van der Waals surface area contributed by atoms with E-state index in [0.29, 0.717) is 36.0 Å². The van der Waals surface area contributed by atoms with E-state index in [1.54, 1.807) is 18.2 Å². The number of anilines is 2. The van der Waals surface area contributed by atoms with Gasteiger partial charge in [-0.3, -0.25) is 9.59 Å². The van der Waals surface area contributed by atoms with Crippen LogP contribution in [0.25, 0.3) is 5.69 Å². The smallest absolute Gasteiger partial charge is 0.271 e. The average Bonchev–Trinajstić information content (AvgIpc) is 2.78. The average molecular weight is 459 g/mol. The zero-order chi connectivity index (χ0) is 22.8. The number of nitrogens with zero attached hydrogens (tertiary/aromatic N) is 3. The molecule has 2 heterocycles. The molecule has 166 valence electrons. The number of hydrogen-bond donors (Lipinski definition) is 1. The Balaban J connectivity index is 1.53. The van der Waals surface area contributed by atoms with E-state index in [9.17, 15) is 18.4 Å². The molecule has 1 N–H and O–H groups in total. The standard InChI is InChI=1S/C23H21ClF2N4O2/c1-14-4-6-17(12-18(14)24)30-22(31)9-8-21(28-30)29-10-2-3-15(13-29)23(32)27-20-7-5-16(25)11-19(20)26/h4-9,11-12,15H,2-3,10,13H2,1H3,(H,27,32)/t15-/m0/s1. The molecule has 1 amide bonds. The highest BCUT2D eigenvalue weighted by atomic mass is 35.5. The van der Waals surface area contributed by atoms with Gasteiger partial charge in [0.05, 0.1) is 17.3 Å². The van der Waals surface area contributed by atoms with Crippen LogP contribution in [0.15, 0.2) is 53.3 Å². The molecule has 0 unspecified atom stereocenters. The monoisotopic (exact) mass is 458 g/mol. The summed E-state index contributed by atoms with van der Waals surface area (Å²) in [6.07, 6.45) is 1.35. The fourth-order valence-corrected chi connectivity index (χ4v) is 3.87. The lowest BCUT2D eigenvalue weighted by molar-refractivity contribution is -0.120. The number of nitrogens with one attached hydrogen (secondary N) is 1. The molecule has 4 rings (SSSR count). The highest BCUT2D eigenvalue weighted by Crippen LogP contribution is 2.24. The van der Waals surface area contributed by atoms with E-state index >= 15 is 0 Å². The molecule has 1 atom stereocenters. The van der Waals surface area contributed by atoms with Gasteiger partial charge in [-0.05, 0) is 55.7 Å². The van der Waals surface area contributed by atoms with Crippen molar-refractivity contribution in [2.24, 2.45) is 5.92 Å². The number of aromatic nitrogens is 2. The fraction of sp³-hybridized carbons (Fsp3) is 0.261. The molecule has 1 aliphatic rings. The molecule has 1 saturated heterocycles. The van der Waals surface area contributed by atoms with Gasteiger partial charge in [-0.15, -0.1) is 5.10 Å². The lowest BCUT2D eigenvalue weighted by atomic mass is 9.97. The second-order valence-electron chi connectivity index (χ2n) is 7.77. The molecule has 9 heteroatoms. The van der Waals surface area contributed by atoms with Crippen LogP contribution in [0.5, 0.6) is 0 Å². The number of halogens is 3. The quantitative estimate of drug-likeness (QED) is 0.632. The SMILES string of the molecule is Cc1ccc(-n2nc(N3CCC[C@H](C(=O)Nc4ccc(F)cc4F)C3)ccc2=O)cc1Cl. The van der Waals surface area contributed by atoms with E-state index in [0.717, 1.165) is 24.1 Å². The first-order valence-electron chi connectivity index (χ1n) is 10.2. The third-order valence-electron chi connectivity index (χ3n) is 5.49. The van der Waals surface area contributed by atoms with E-state index in [1.165, 1.54) is 16.8 Å². The highest BCUT2D eigenvalue weighted by Gasteiger charge is 2.27. The van der Waals surface area contributed by atoms with Gasteiger partial charge >= 0.3 is 0 Å². The summed E-state index contributed by atoms with van der Waals surface area (Å²) in [5, 5.41) is 7.55. The van der Waals surface area contributed by atoms with Crippen LogP contribution >= 0.6 is 11.6 Å². The second-order valence-corrected chi connectivity index (χ2v) is 8.18. The first kappa shape index (κ1) is 22.0. The van der Waals surface area contributed by atoms with Gasteiger partial charge in [0.15, 0.2) is 0 Å². The Labute approximate surface area is 188 Å². The summed E-state index contributed by atoms with van der Waals surface area (Å²) in [4.78, 5) is 27.0. The molecule has 0 saturated carbocycles. The normalized spacial score (nSPS) is 16.1. The number of piperidine rings is 1. The van der Waals surface area contributed by atoms with Gasteiger partial charge < -0.3 is 10.2 Å². The molecule has 2 aromatic carbocycles. The topological polar surface area (TPSA) is 67.2 Å². The molecule has 6 nitrogen and oxygen atoms in total. The van der Waals surface area contributed by atoms with Crippen LogP contribution in [-0.4, -0.2) is 28.8 Å². The summed E-state index contributed by atoms with van der Waals surface area (Å²) in [5.41, 5.74) is 1.08. The fourth-order valence-electron chi connectivity index (χ4n) is 3.69. The Morgan fingerprint density at radius 1 is 1.16 bits per heavy atom. The van der Waals surface area contributed by atoms with Crippen LogP contribution < -0.4 is 15.8 Å². The van der Waals surface area contributed by atoms with E-state index in [4.69, 9.17) is 11.6 Å². The van der Waals surface area contributed by atoms with Gasteiger partial charge in [-0.2, -0.15) is 4.68 Å². The van der Waals surface area contributed by atoms with Crippen molar-refractivity contribution >= 4 is 29.0 Å². The minimum absolute atomic E-state index is 0.0588. The summed E-state index contributed by atoms with van der Waals surface area (Å²) in [6.45, 7) is 2.89. The van der Waals surface area contributed by atoms with Crippen molar-refractivity contribution in [2.75, 3.05) is 23.3 Å². The Morgan fingerprint density at radius 3 is 2.72 bits per heavy atom. The minimum atomic E-state index is -0.823. The lowest BCUT2D eigenvalue weighted by Crippen LogP contribution is -2.42. The molecule has 32 heavy (non-hydrogen) atoms. The number of rotatable bonds is 4. The van der Waals surface area contributed by atoms with Crippen molar-refractivity contribution in [3.8, 4) is 5.69 Å². The lowest BCUT2D eigenvalue weighted by Gasteiger charge is -2.33. The van der Waals surface area contributed by atoms with Crippen molar-refractivity contribution in [3.05, 3.63) is 81.1 Å². The van der Waals surface area contributed by atoms with Gasteiger partial charge in [-0.1, -0.05) is 17.7 Å². The third kappa shape index (κ3) is 4.65. The van der Waals surface area contributed by atoms with Crippen molar-refractivity contribution < 1.29 is 13.6 Å². The van der Waals surface area contributed by atoms with E-state index in [2.05, 4.69) is 10.4 Å². The zero-order valence-electron chi connectivity index (χ0n) is 17.3. The maximum Gasteiger partial charge on any atom is 0.271 e. The third-order valence-corrected chi connectivity index (χ3v) is 5.90. The molecule has 3 aromatic rings. The zero-order valence-corrected chi connectivity index (χ0v) is 18.1. The van der Waals surface area contributed by atoms with Crippen LogP contribution in [0, 0.1) is 24.5 Å². The Bertz CT molecular complexity index is 1230. The Kier molecular flexibility index (Phi) is 6.23. The van der Waals surface area contributed by atoms with Crippen LogP contribution in [0.4, 0.5) is 20.3 Å². The minimum Gasteiger partial charge on any atom is -0.354 e. The van der Waals surface area contributed by atoms with Crippen molar-refractivity contribution in [3.63, 3.8) is 0 Å². The van der Waals surface area contributed by atoms with E-state index < -0.39 is 17.6 Å². The maximum atomic E-state index is 13.9. The molecular formula is C23H21ClF2N4O2. The maximum absolute atomic E-state index is 13.9. The summed E-state index contributed by atoms with van der Waals surface area (Å²) < 4.78 is 28.3. The molecule has 0 bridgehead atoms. The van der Waals surface area contributed by atoms with Gasteiger partial charge in [0.1, 0.15) is 17.5 Å². The summed E-state index contributed by atoms with van der Waals surface area (Å²) in [5.74, 6) is -1.74. The number of carbonyl (C=O) groups excluding carboxylic acids is 1. The predicted octanol–water partition coefficient (Wildman–Crippen LogP) is 4.33. The van der Waals surface area contributed by atoms with Gasteiger partial charge in [0.25, 0.3) is 5.56 Å². The van der Waals surface area contributed by atoms with Crippen LogP contribution in [0.3, 0.4) is 0 Å². The van der Waals surface area contributed by atoms with Gasteiger partial charge in [0.2, 0.25) is 5.91 Å². The highest BCUT2D eigenvalue weighted by molar-refractivity contribution is 6.31. The van der Waals surface area contributed by atoms with E-state index in [-0.39, 0.29) is 17.2 Å². The van der Waals surface area contributed by atoms with Crippen molar-refractivity contribution in [1.82, 2.24) is 9.78 Å². The van der Waals surface area contributed by atoms with Crippen molar-refractivity contribution in [1.29, 1.82) is 0 Å². The Hall–Kier alpha value is -3.26. The molecule has 0 radical (unpaired) electrons. The number of aryl methyl sites for hydroxylation is 1. The first-order valence-corrected chi connectivity index (χ1v) is 10.6. The van der Waals surface area contributed by atoms with E-state index in [1.807, 2.05) is 17.9 Å². The second kappa shape index (κ2) is 9.08. The molecular weight excluding hydrogens is 438 g/mol. The van der Waals surface area contributed by atoms with Crippen molar-refractivity contribution in [2.45, 2.75) is 19.8 Å². The number of benzene rings is 2. The van der Waals surface area contributed by atoms with Crippen LogP contribution in [-0.2, 0) is 4.79 Å². The summed E-state index contributed by atoms with van der Waals surface area (Å²) >= 11 is 6.20. The summed E-state index contributed by atoms with van der Waals surface area (Å²) in [7, 11) is 0. The summed E-state index contributed by atoms with van der Waals surface area (Å²) in [6, 6.07) is 11.3. The van der Waals surface area contributed by atoms with Crippen LogP contribution in [0.1, 0.15) is 18.4 Å². The molecule has 1 aliphatic heterocycles. The molecule has 1 aromatic heterocycles. The predicted molar refractivity (Wildman–Crippen MR) is 120 cm³/mol. The molecule has 0 spiro atoms. The van der Waals surface area contributed by atoms with Gasteiger partial charge in [-0.25, -0.2) is 8.78 Å².